The molecule has 0 unspecified atom stereocenters. The highest BCUT2D eigenvalue weighted by Gasteiger charge is 2.26. The third-order valence-electron chi connectivity index (χ3n) is 2.96. The smallest absolute Gasteiger partial charge is 0.0483 e. The molecule has 1 aromatic rings. The van der Waals surface area contributed by atoms with E-state index in [0.29, 0.717) is 0 Å². The molecule has 1 aliphatic heterocycles. The van der Waals surface area contributed by atoms with Crippen LogP contribution in [-0.2, 0) is 11.3 Å². The van der Waals surface area contributed by atoms with Crippen molar-refractivity contribution in [2.45, 2.75) is 31.8 Å². The Bertz CT molecular complexity index is 320. The number of rotatable bonds is 3. The van der Waals surface area contributed by atoms with E-state index in [4.69, 9.17) is 4.74 Å². The first-order valence-electron chi connectivity index (χ1n) is 5.24. The van der Waals surface area contributed by atoms with Crippen LogP contribution in [0.25, 0.3) is 0 Å². The lowest BCUT2D eigenvalue weighted by Crippen LogP contribution is -2.46. The number of thiophene rings is 1. The average molecular weight is 290 g/mol. The van der Waals surface area contributed by atoms with Gasteiger partial charge in [-0.3, -0.25) is 0 Å². The van der Waals surface area contributed by atoms with E-state index >= 15 is 0 Å². The summed E-state index contributed by atoms with van der Waals surface area (Å²) in [5.41, 5.74) is 0.252. The van der Waals surface area contributed by atoms with E-state index < -0.39 is 0 Å². The summed E-state index contributed by atoms with van der Waals surface area (Å²) in [5.74, 6) is 0. The first kappa shape index (κ1) is 11.6. The van der Waals surface area contributed by atoms with Gasteiger partial charge in [-0.1, -0.05) is 0 Å². The lowest BCUT2D eigenvalue weighted by atomic mass is 9.92. The molecule has 0 aromatic carbocycles. The Kier molecular flexibility index (Phi) is 3.83. The maximum Gasteiger partial charge on any atom is 0.0483 e. The molecule has 0 radical (unpaired) electrons. The Labute approximate surface area is 103 Å². The second-order valence-corrected chi connectivity index (χ2v) is 6.07. The number of hydrogen-bond acceptors (Lipinski definition) is 3. The lowest BCUT2D eigenvalue weighted by Gasteiger charge is -2.34. The first-order chi connectivity index (χ1) is 7.20. The molecule has 1 aliphatic rings. The van der Waals surface area contributed by atoms with Crippen LogP contribution in [0.4, 0.5) is 0 Å². The molecule has 1 fully saturated rings. The second-order valence-electron chi connectivity index (χ2n) is 4.22. The predicted molar refractivity (Wildman–Crippen MR) is 67.3 cm³/mol. The zero-order valence-electron chi connectivity index (χ0n) is 8.88. The Balaban J connectivity index is 1.89. The van der Waals surface area contributed by atoms with E-state index in [1.807, 2.05) is 0 Å². The summed E-state index contributed by atoms with van der Waals surface area (Å²) in [5, 5.41) is 5.76. The molecule has 1 aromatic heterocycles. The minimum Gasteiger partial charge on any atom is -0.381 e. The minimum atomic E-state index is 0.252. The largest absolute Gasteiger partial charge is 0.381 e. The fourth-order valence-electron chi connectivity index (χ4n) is 1.74. The Morgan fingerprint density at radius 3 is 2.87 bits per heavy atom. The van der Waals surface area contributed by atoms with Crippen LogP contribution in [0.2, 0.25) is 0 Å². The van der Waals surface area contributed by atoms with Crippen LogP contribution in [0.15, 0.2) is 15.9 Å². The van der Waals surface area contributed by atoms with E-state index in [2.05, 4.69) is 39.6 Å². The van der Waals surface area contributed by atoms with Crippen molar-refractivity contribution in [2.75, 3.05) is 13.2 Å². The Morgan fingerprint density at radius 2 is 2.27 bits per heavy atom. The SMILES string of the molecule is CC1(NCc2sccc2Br)CCOCC1. The molecule has 84 valence electrons. The third-order valence-corrected chi connectivity index (χ3v) is 4.89. The van der Waals surface area contributed by atoms with E-state index in [-0.39, 0.29) is 5.54 Å². The summed E-state index contributed by atoms with van der Waals surface area (Å²) >= 11 is 5.35. The highest BCUT2D eigenvalue weighted by molar-refractivity contribution is 9.10. The van der Waals surface area contributed by atoms with Crippen LogP contribution in [0.5, 0.6) is 0 Å². The molecule has 0 aliphatic carbocycles. The predicted octanol–water partition coefficient (Wildman–Crippen LogP) is 3.17. The van der Waals surface area contributed by atoms with Crippen molar-refractivity contribution < 1.29 is 4.74 Å². The van der Waals surface area contributed by atoms with Gasteiger partial charge >= 0.3 is 0 Å². The molecular weight excluding hydrogens is 274 g/mol. The van der Waals surface area contributed by atoms with Gasteiger partial charge in [0.05, 0.1) is 0 Å². The standard InChI is InChI=1S/C11H16BrNOS/c1-11(3-5-14-6-4-11)13-8-10-9(12)2-7-15-10/h2,7,13H,3-6,8H2,1H3. The fourth-order valence-corrected chi connectivity index (χ4v) is 3.18. The van der Waals surface area contributed by atoms with Crippen LogP contribution in [0.1, 0.15) is 24.6 Å². The van der Waals surface area contributed by atoms with Crippen molar-refractivity contribution >= 4 is 27.3 Å². The van der Waals surface area contributed by atoms with Gasteiger partial charge in [-0.2, -0.15) is 0 Å². The summed E-state index contributed by atoms with van der Waals surface area (Å²) < 4.78 is 6.60. The van der Waals surface area contributed by atoms with Crippen LogP contribution in [0, 0.1) is 0 Å². The molecule has 0 spiro atoms. The third kappa shape index (κ3) is 3.03. The van der Waals surface area contributed by atoms with E-state index in [1.165, 1.54) is 9.35 Å². The molecule has 0 bridgehead atoms. The second kappa shape index (κ2) is 4.95. The van der Waals surface area contributed by atoms with Crippen LogP contribution in [-0.4, -0.2) is 18.8 Å². The lowest BCUT2D eigenvalue weighted by molar-refractivity contribution is 0.0447. The van der Waals surface area contributed by atoms with Crippen molar-refractivity contribution in [1.82, 2.24) is 5.32 Å². The quantitative estimate of drug-likeness (QED) is 0.923. The summed E-state index contributed by atoms with van der Waals surface area (Å²) in [6.07, 6.45) is 2.21. The zero-order chi connectivity index (χ0) is 10.7. The fraction of sp³-hybridized carbons (Fsp3) is 0.636. The molecule has 0 atom stereocenters. The molecule has 2 heterocycles. The van der Waals surface area contributed by atoms with Gasteiger partial charge in [0, 0.05) is 34.6 Å². The molecule has 1 saturated heterocycles. The topological polar surface area (TPSA) is 21.3 Å². The van der Waals surface area contributed by atoms with E-state index in [0.717, 1.165) is 32.6 Å². The van der Waals surface area contributed by atoms with Crippen molar-refractivity contribution in [3.8, 4) is 0 Å². The van der Waals surface area contributed by atoms with Crippen LogP contribution >= 0.6 is 27.3 Å². The van der Waals surface area contributed by atoms with Crippen LogP contribution in [0.3, 0.4) is 0 Å². The molecule has 0 saturated carbocycles. The summed E-state index contributed by atoms with van der Waals surface area (Å²) in [7, 11) is 0. The zero-order valence-corrected chi connectivity index (χ0v) is 11.3. The molecular formula is C11H16BrNOS. The van der Waals surface area contributed by atoms with Crippen molar-refractivity contribution in [3.05, 3.63) is 20.8 Å². The van der Waals surface area contributed by atoms with Gasteiger partial charge in [-0.05, 0) is 47.1 Å². The highest BCUT2D eigenvalue weighted by atomic mass is 79.9. The number of nitrogens with one attached hydrogen (secondary N) is 1. The molecule has 15 heavy (non-hydrogen) atoms. The van der Waals surface area contributed by atoms with Gasteiger partial charge in [0.15, 0.2) is 0 Å². The maximum atomic E-state index is 5.38. The summed E-state index contributed by atoms with van der Waals surface area (Å²) in [6, 6.07) is 2.11. The van der Waals surface area contributed by atoms with Gasteiger partial charge in [0.1, 0.15) is 0 Å². The maximum absolute atomic E-state index is 5.38. The molecule has 4 heteroatoms. The number of ether oxygens (including phenoxy) is 1. The van der Waals surface area contributed by atoms with E-state index in [1.54, 1.807) is 11.3 Å². The number of halogens is 1. The normalized spacial score (nSPS) is 20.4. The molecule has 2 nitrogen and oxygen atoms in total. The van der Waals surface area contributed by atoms with Crippen molar-refractivity contribution in [3.63, 3.8) is 0 Å². The summed E-state index contributed by atoms with van der Waals surface area (Å²) in [4.78, 5) is 1.38. The monoisotopic (exact) mass is 289 g/mol. The van der Waals surface area contributed by atoms with Gasteiger partial charge in [0.25, 0.3) is 0 Å². The van der Waals surface area contributed by atoms with Crippen molar-refractivity contribution in [1.29, 1.82) is 0 Å². The Morgan fingerprint density at radius 1 is 1.53 bits per heavy atom. The van der Waals surface area contributed by atoms with Gasteiger partial charge in [-0.25, -0.2) is 0 Å². The van der Waals surface area contributed by atoms with Gasteiger partial charge in [0.2, 0.25) is 0 Å². The summed E-state index contributed by atoms with van der Waals surface area (Å²) in [6.45, 7) is 5.01. The molecule has 0 amide bonds. The van der Waals surface area contributed by atoms with Gasteiger partial charge in [-0.15, -0.1) is 11.3 Å². The first-order valence-corrected chi connectivity index (χ1v) is 6.92. The van der Waals surface area contributed by atoms with Gasteiger partial charge < -0.3 is 10.1 Å². The van der Waals surface area contributed by atoms with Crippen LogP contribution < -0.4 is 5.32 Å². The molecule has 2 rings (SSSR count). The van der Waals surface area contributed by atoms with Crippen molar-refractivity contribution in [2.24, 2.45) is 0 Å². The Hall–Kier alpha value is 0.1000. The highest BCUT2D eigenvalue weighted by Crippen LogP contribution is 2.25. The average Bonchev–Trinajstić information content (AvgIpc) is 2.62. The van der Waals surface area contributed by atoms with E-state index in [9.17, 15) is 0 Å². The number of hydrogen-bond donors (Lipinski definition) is 1. The minimum absolute atomic E-state index is 0.252. The molecule has 1 N–H and O–H groups in total.